The molecule has 14 rings (SSSR count). The molecule has 0 aliphatic rings. The predicted octanol–water partition coefficient (Wildman–Crippen LogP) is 13.3. The number of H-pyrrole nitrogens is 3. The van der Waals surface area contributed by atoms with E-state index in [-0.39, 0.29) is 65.3 Å². The summed E-state index contributed by atoms with van der Waals surface area (Å²) in [5, 5.41) is 19.3. The number of carbonyl (C=O) groups is 5. The number of hydrogen-bond donors (Lipinski definition) is 10. The average Bonchev–Trinajstić information content (AvgIpc) is 1.67. The number of rotatable bonds is 19. The minimum atomic E-state index is -0.601. The van der Waals surface area contributed by atoms with E-state index in [1.807, 2.05) is 183 Å². The zero-order valence-electron chi connectivity index (χ0n) is 61.4. The summed E-state index contributed by atoms with van der Waals surface area (Å²) in [5.41, 5.74) is 14.1. The summed E-state index contributed by atoms with van der Waals surface area (Å²) >= 11 is 0. The van der Waals surface area contributed by atoms with Gasteiger partial charge in [0.05, 0.1) is 70.6 Å². The molecule has 0 aliphatic heterocycles. The zero-order chi connectivity index (χ0) is 76.9. The average molecular weight is 1470 g/mol. The number of pyridine rings is 5. The third kappa shape index (κ3) is 18.0. The number of carbonyl (C=O) groups excluding carboxylic acids is 5. The van der Waals surface area contributed by atoms with Crippen LogP contribution in [0.2, 0.25) is 0 Å². The molecule has 10 heterocycles. The highest BCUT2D eigenvalue weighted by Crippen LogP contribution is 2.36. The molecule has 1 unspecified atom stereocenters. The van der Waals surface area contributed by atoms with Crippen molar-refractivity contribution in [1.29, 1.82) is 0 Å². The van der Waals surface area contributed by atoms with Crippen molar-refractivity contribution < 1.29 is 33.4 Å². The molecule has 0 radical (unpaired) electrons. The van der Waals surface area contributed by atoms with Gasteiger partial charge in [-0.3, -0.25) is 50.3 Å². The number of nitrogens with zero attached hydrogens (tertiary/aromatic N) is 12. The summed E-state index contributed by atoms with van der Waals surface area (Å²) in [6.07, 6.45) is 12.7. The van der Waals surface area contributed by atoms with Crippen molar-refractivity contribution >= 4 is 80.9 Å². The highest BCUT2D eigenvalue weighted by atomic mass is 16.5. The summed E-state index contributed by atoms with van der Waals surface area (Å²) in [6.45, 7) is 18.2. The van der Waals surface area contributed by atoms with Crippen LogP contribution in [0.15, 0.2) is 200 Å². The van der Waals surface area contributed by atoms with Gasteiger partial charge in [0, 0.05) is 102 Å². The van der Waals surface area contributed by atoms with Crippen LogP contribution in [0.25, 0.3) is 89.4 Å². The lowest BCUT2D eigenvalue weighted by Crippen LogP contribution is -2.40. The Labute approximate surface area is 625 Å². The number of aryl methyl sites for hydroxylation is 1. The summed E-state index contributed by atoms with van der Waals surface area (Å²) < 4.78 is 15.6. The maximum atomic E-state index is 13.3. The minimum Gasteiger partial charge on any atom is -0.497 e. The Bertz CT molecular complexity index is 5650. The number of aromatic nitrogens is 15. The fourth-order valence-corrected chi connectivity index (χ4v) is 12.0. The lowest BCUT2D eigenvalue weighted by atomic mass is 9.99. The number of aromatic amines is 3. The van der Waals surface area contributed by atoms with Crippen LogP contribution < -0.4 is 47.5 Å². The van der Waals surface area contributed by atoms with Gasteiger partial charge in [-0.15, -0.1) is 0 Å². The van der Waals surface area contributed by atoms with E-state index in [0.717, 1.165) is 56.3 Å². The van der Waals surface area contributed by atoms with Crippen LogP contribution in [0.4, 0.5) is 32.2 Å². The minimum absolute atomic E-state index is 0.115. The zero-order valence-corrected chi connectivity index (χ0v) is 61.4. The molecule has 0 fully saturated rings. The monoisotopic (exact) mass is 1460 g/mol. The molecule has 30 heteroatoms. The van der Waals surface area contributed by atoms with Gasteiger partial charge in [-0.1, -0.05) is 48.5 Å². The third-order valence-electron chi connectivity index (χ3n) is 16.9. The first-order chi connectivity index (χ1) is 52.6. The number of methoxy groups -OCH3 is 1. The highest BCUT2D eigenvalue weighted by molar-refractivity contribution is 6.00. The Morgan fingerprint density at radius 2 is 1.04 bits per heavy atom. The molecule has 10 aromatic heterocycles. The van der Waals surface area contributed by atoms with E-state index < -0.39 is 6.09 Å². The summed E-state index contributed by atoms with van der Waals surface area (Å²) in [7, 11) is 1.59. The Morgan fingerprint density at radius 1 is 0.532 bits per heavy atom. The Hall–Kier alpha value is -14.2. The van der Waals surface area contributed by atoms with Gasteiger partial charge in [-0.05, 0) is 164 Å². The lowest BCUT2D eigenvalue weighted by molar-refractivity contribution is 0.0911. The number of urea groups is 2. The molecule has 0 bridgehead atoms. The molecule has 0 saturated heterocycles. The third-order valence-corrected chi connectivity index (χ3v) is 16.9. The number of anilines is 3. The van der Waals surface area contributed by atoms with Crippen LogP contribution in [-0.4, -0.2) is 136 Å². The molecule has 0 spiro atoms. The molecule has 0 aliphatic carbocycles. The van der Waals surface area contributed by atoms with Crippen molar-refractivity contribution in [2.24, 2.45) is 0 Å². The first-order valence-electron chi connectivity index (χ1n) is 35.0. The van der Waals surface area contributed by atoms with E-state index in [0.29, 0.717) is 86.5 Å². The van der Waals surface area contributed by atoms with Gasteiger partial charge in [-0.2, -0.15) is 0 Å². The fourth-order valence-electron chi connectivity index (χ4n) is 12.0. The molecule has 10 N–H and O–H groups in total. The SMILES string of the molecule is CCNC(=O)Nc1nc2c(-c3cc(OC)ccn3)cc(-n3cnc(C(=O)NC(C)(C)C)c3)cc2[nH]1.CCNC(=O)Nc1nc2c(-c3ccccn3)cc(-c3cc(C)n(C(C)c4ccccn4)c(=O)c3)cc2[nH]1.CCOC(=O)Nc1nc2c(-c3ccccn3)cc(-n3cnc(C(=O)N[C@@H](C)c4ccccc4)c3)cc2[nH]1. The first kappa shape index (κ1) is 74.5. The van der Waals surface area contributed by atoms with Gasteiger partial charge < -0.3 is 59.4 Å². The number of amides is 7. The van der Waals surface area contributed by atoms with Gasteiger partial charge in [0.15, 0.2) is 0 Å². The smallest absolute Gasteiger partial charge is 0.413 e. The van der Waals surface area contributed by atoms with Gasteiger partial charge in [0.2, 0.25) is 17.8 Å². The van der Waals surface area contributed by atoms with Crippen LogP contribution in [-0.2, 0) is 4.74 Å². The number of ether oxygens (including phenoxy) is 2. The van der Waals surface area contributed by atoms with E-state index in [9.17, 15) is 28.8 Å². The first-order valence-corrected chi connectivity index (χ1v) is 35.0. The molecule has 4 aromatic carbocycles. The van der Waals surface area contributed by atoms with Crippen LogP contribution >= 0.6 is 0 Å². The molecular formula is C79H80N22O8. The van der Waals surface area contributed by atoms with Gasteiger partial charge in [-0.25, -0.2) is 39.3 Å². The molecule has 14 aromatic rings. The topological polar surface area (TPSA) is 383 Å². The van der Waals surface area contributed by atoms with Gasteiger partial charge in [0.1, 0.15) is 40.8 Å². The van der Waals surface area contributed by atoms with Crippen molar-refractivity contribution in [3.05, 3.63) is 234 Å². The number of nitrogens with one attached hydrogen (secondary N) is 10. The molecule has 109 heavy (non-hydrogen) atoms. The van der Waals surface area contributed by atoms with E-state index in [4.69, 9.17) is 9.47 Å². The lowest BCUT2D eigenvalue weighted by Gasteiger charge is -2.19. The standard InChI is InChI=1S/C28H27N7O2.C27H25N7O3.C24H28N8O3/c1-4-29-28(37)34-27-32-24-15-20(14-21(26(24)33-27)23-10-6-8-12-31-23)19-13-17(2)35(25(36)16-19)18(3)22-9-5-7-11-30-22;1-3-37-27(36)33-26-31-22-14-19(13-20(24(22)32-26)21-11-7-8-12-28-21)34-15-23(29-16-34)25(35)30-17(2)18-9-5-4-6-10-18;1-6-25-23(34)30-22-28-18-10-14(32-12-19(27-13-32)21(33)31-24(2,3)4)9-16(20(18)29-22)17-11-15(35-5)7-8-26-17/h5-16,18H,4H2,1-3H3,(H3,29,32,33,34,37);4-17H,3H2,1-2H3,(H,30,35)(H2,31,32,33,36);7-13H,6H2,1-5H3,(H,31,33)(H3,25,28,29,30,34)/t;17-;/m.0./s1. The summed E-state index contributed by atoms with van der Waals surface area (Å²) in [4.78, 5) is 124. The number of imidazole rings is 5. The number of benzene rings is 4. The number of fused-ring (bicyclic) bond motifs is 3. The highest BCUT2D eigenvalue weighted by Gasteiger charge is 2.24. The second kappa shape index (κ2) is 33.3. The fraction of sp³-hybridized carbons (Fsp3) is 0.203. The van der Waals surface area contributed by atoms with Crippen molar-refractivity contribution in [2.75, 3.05) is 42.8 Å². The summed E-state index contributed by atoms with van der Waals surface area (Å²) in [6, 6.07) is 44.3. The maximum absolute atomic E-state index is 13.3. The van der Waals surface area contributed by atoms with Crippen LogP contribution in [0, 0.1) is 6.92 Å². The summed E-state index contributed by atoms with van der Waals surface area (Å²) in [5.74, 6) is 0.983. The molecule has 30 nitrogen and oxygen atoms in total. The van der Waals surface area contributed by atoms with E-state index in [1.54, 1.807) is 95.8 Å². The van der Waals surface area contributed by atoms with Crippen LogP contribution in [0.5, 0.6) is 5.75 Å². The van der Waals surface area contributed by atoms with E-state index >= 15 is 0 Å². The van der Waals surface area contributed by atoms with Crippen molar-refractivity contribution in [1.82, 2.24) is 94.8 Å². The van der Waals surface area contributed by atoms with Gasteiger partial charge >= 0.3 is 18.2 Å². The van der Waals surface area contributed by atoms with E-state index in [1.165, 1.54) is 0 Å². The Morgan fingerprint density at radius 3 is 1.55 bits per heavy atom. The Kier molecular flexibility index (Phi) is 22.8. The van der Waals surface area contributed by atoms with Crippen LogP contribution in [0.3, 0.4) is 0 Å². The van der Waals surface area contributed by atoms with Crippen molar-refractivity contribution in [3.63, 3.8) is 0 Å². The van der Waals surface area contributed by atoms with Crippen molar-refractivity contribution in [2.45, 2.75) is 79.9 Å². The molecule has 0 saturated carbocycles. The largest absolute Gasteiger partial charge is 0.497 e. The number of hydrogen-bond acceptors (Lipinski definition) is 17. The molecule has 2 atom stereocenters. The van der Waals surface area contributed by atoms with Gasteiger partial charge in [0.25, 0.3) is 17.4 Å². The second-order valence-corrected chi connectivity index (χ2v) is 25.9. The quantitative estimate of drug-likeness (QED) is 0.0359. The molecular weight excluding hydrogens is 1390 g/mol. The molecule has 554 valence electrons. The van der Waals surface area contributed by atoms with Crippen molar-refractivity contribution in [3.8, 4) is 62.0 Å². The molecule has 7 amide bonds. The predicted molar refractivity (Wildman–Crippen MR) is 417 cm³/mol. The Balaban J connectivity index is 0.000000153. The van der Waals surface area contributed by atoms with E-state index in [2.05, 4.69) is 97.0 Å². The maximum Gasteiger partial charge on any atom is 0.413 e. The second-order valence-electron chi connectivity index (χ2n) is 25.9. The normalized spacial score (nSPS) is 11.7. The van der Waals surface area contributed by atoms with Crippen LogP contribution in [0.1, 0.15) is 105 Å².